The van der Waals surface area contributed by atoms with Crippen LogP contribution in [0.1, 0.15) is 43.0 Å². The fraction of sp³-hybridized carbons (Fsp3) is 0.462. The van der Waals surface area contributed by atoms with Gasteiger partial charge in [0.15, 0.2) is 0 Å². The first kappa shape index (κ1) is 13.4. The number of nitrogens with one attached hydrogen (secondary N) is 1. The van der Waals surface area contributed by atoms with Gasteiger partial charge in [0.25, 0.3) is 5.91 Å². The zero-order valence-electron chi connectivity index (χ0n) is 10.3. The largest absolute Gasteiger partial charge is 0.399 e. The Labute approximate surface area is 102 Å². The van der Waals surface area contributed by atoms with Gasteiger partial charge in [-0.15, -0.1) is 0 Å². The van der Waals surface area contributed by atoms with Gasteiger partial charge in [0, 0.05) is 17.9 Å². The molecule has 0 aromatic heterocycles. The van der Waals surface area contributed by atoms with Gasteiger partial charge in [-0.1, -0.05) is 26.2 Å². The molecule has 0 aliphatic heterocycles. The van der Waals surface area contributed by atoms with Gasteiger partial charge in [0.1, 0.15) is 0 Å². The minimum Gasteiger partial charge on any atom is -0.399 e. The molecule has 0 heterocycles. The zero-order chi connectivity index (χ0) is 12.7. The minimum absolute atomic E-state index is 0.126. The molecule has 0 fully saturated rings. The fourth-order valence-electron chi connectivity index (χ4n) is 1.64. The van der Waals surface area contributed by atoms with Crippen LogP contribution in [0.4, 0.5) is 11.4 Å². The molecule has 1 amide bonds. The molecule has 5 N–H and O–H groups in total. The van der Waals surface area contributed by atoms with E-state index in [-0.39, 0.29) is 5.91 Å². The second kappa shape index (κ2) is 6.78. The lowest BCUT2D eigenvalue weighted by atomic mass is 10.1. The van der Waals surface area contributed by atoms with Gasteiger partial charge in [-0.25, -0.2) is 0 Å². The van der Waals surface area contributed by atoms with Crippen molar-refractivity contribution in [2.45, 2.75) is 32.6 Å². The van der Waals surface area contributed by atoms with Crippen LogP contribution in [0.2, 0.25) is 0 Å². The van der Waals surface area contributed by atoms with E-state index in [9.17, 15) is 4.79 Å². The van der Waals surface area contributed by atoms with Gasteiger partial charge in [0.05, 0.1) is 5.56 Å². The summed E-state index contributed by atoms with van der Waals surface area (Å²) in [4.78, 5) is 11.8. The molecular weight excluding hydrogens is 214 g/mol. The van der Waals surface area contributed by atoms with Crippen molar-refractivity contribution in [1.29, 1.82) is 0 Å². The highest BCUT2D eigenvalue weighted by atomic mass is 16.1. The molecule has 0 bridgehead atoms. The number of unbranched alkanes of at least 4 members (excludes halogenated alkanes) is 3. The van der Waals surface area contributed by atoms with Crippen LogP contribution in [0.25, 0.3) is 0 Å². The first-order chi connectivity index (χ1) is 8.15. The first-order valence-corrected chi connectivity index (χ1v) is 6.08. The number of nitrogen functional groups attached to an aromatic ring is 2. The summed E-state index contributed by atoms with van der Waals surface area (Å²) in [7, 11) is 0. The number of nitrogens with two attached hydrogens (primary N) is 2. The van der Waals surface area contributed by atoms with E-state index >= 15 is 0 Å². The molecule has 17 heavy (non-hydrogen) atoms. The third-order valence-corrected chi connectivity index (χ3v) is 2.64. The third kappa shape index (κ3) is 4.34. The zero-order valence-corrected chi connectivity index (χ0v) is 10.3. The number of benzene rings is 1. The monoisotopic (exact) mass is 235 g/mol. The summed E-state index contributed by atoms with van der Waals surface area (Å²) in [6.45, 7) is 2.86. The van der Waals surface area contributed by atoms with Crippen molar-refractivity contribution < 1.29 is 4.79 Å². The molecule has 1 aromatic carbocycles. The summed E-state index contributed by atoms with van der Waals surface area (Å²) < 4.78 is 0. The number of carbonyl (C=O) groups is 1. The number of amides is 1. The maximum Gasteiger partial charge on any atom is 0.253 e. The predicted molar refractivity (Wildman–Crippen MR) is 71.7 cm³/mol. The highest BCUT2D eigenvalue weighted by Crippen LogP contribution is 2.15. The van der Waals surface area contributed by atoms with E-state index < -0.39 is 0 Å². The fourth-order valence-corrected chi connectivity index (χ4v) is 1.64. The molecule has 4 nitrogen and oxygen atoms in total. The Morgan fingerprint density at radius 1 is 1.24 bits per heavy atom. The molecular formula is C13H21N3O. The molecule has 0 unspecified atom stereocenters. The quantitative estimate of drug-likeness (QED) is 0.522. The van der Waals surface area contributed by atoms with E-state index in [2.05, 4.69) is 12.2 Å². The Bertz CT molecular complexity index is 377. The van der Waals surface area contributed by atoms with Crippen molar-refractivity contribution in [2.24, 2.45) is 0 Å². The smallest absolute Gasteiger partial charge is 0.253 e. The van der Waals surface area contributed by atoms with E-state index in [1.807, 2.05) is 0 Å². The summed E-state index contributed by atoms with van der Waals surface area (Å²) in [6.07, 6.45) is 4.56. The molecule has 0 aliphatic carbocycles. The maximum atomic E-state index is 11.8. The van der Waals surface area contributed by atoms with Crippen molar-refractivity contribution in [2.75, 3.05) is 18.0 Å². The Kier molecular flexibility index (Phi) is 5.33. The maximum absolute atomic E-state index is 11.8. The summed E-state index contributed by atoms with van der Waals surface area (Å²) >= 11 is 0. The van der Waals surface area contributed by atoms with Crippen LogP contribution in [0.5, 0.6) is 0 Å². The van der Waals surface area contributed by atoms with Gasteiger partial charge < -0.3 is 16.8 Å². The van der Waals surface area contributed by atoms with Crippen molar-refractivity contribution in [3.8, 4) is 0 Å². The summed E-state index contributed by atoms with van der Waals surface area (Å²) in [5, 5.41) is 2.86. The molecule has 1 rings (SSSR count). The molecule has 94 valence electrons. The number of rotatable bonds is 6. The van der Waals surface area contributed by atoms with Gasteiger partial charge >= 0.3 is 0 Å². The molecule has 0 atom stereocenters. The van der Waals surface area contributed by atoms with Crippen molar-refractivity contribution in [3.63, 3.8) is 0 Å². The molecule has 0 spiro atoms. The highest BCUT2D eigenvalue weighted by molar-refractivity contribution is 5.99. The highest BCUT2D eigenvalue weighted by Gasteiger charge is 2.08. The van der Waals surface area contributed by atoms with Crippen LogP contribution in [0.15, 0.2) is 18.2 Å². The predicted octanol–water partition coefficient (Wildman–Crippen LogP) is 2.16. The van der Waals surface area contributed by atoms with Crippen LogP contribution >= 0.6 is 0 Å². The van der Waals surface area contributed by atoms with Gasteiger partial charge in [-0.2, -0.15) is 0 Å². The van der Waals surface area contributed by atoms with E-state index in [1.165, 1.54) is 12.8 Å². The van der Waals surface area contributed by atoms with Crippen molar-refractivity contribution in [3.05, 3.63) is 23.8 Å². The third-order valence-electron chi connectivity index (χ3n) is 2.64. The first-order valence-electron chi connectivity index (χ1n) is 6.08. The van der Waals surface area contributed by atoms with Gasteiger partial charge in [-0.3, -0.25) is 4.79 Å². The molecule has 0 saturated heterocycles. The summed E-state index contributed by atoms with van der Waals surface area (Å²) in [6, 6.07) is 4.94. The molecule has 0 saturated carbocycles. The van der Waals surface area contributed by atoms with Crippen LogP contribution < -0.4 is 16.8 Å². The van der Waals surface area contributed by atoms with E-state index in [4.69, 9.17) is 11.5 Å². The lowest BCUT2D eigenvalue weighted by molar-refractivity contribution is 0.0954. The lowest BCUT2D eigenvalue weighted by Crippen LogP contribution is -2.25. The second-order valence-electron chi connectivity index (χ2n) is 4.16. The topological polar surface area (TPSA) is 81.1 Å². The average Bonchev–Trinajstić information content (AvgIpc) is 2.28. The standard InChI is InChI=1S/C13H21N3O/c1-2-3-4-5-8-16-13(17)11-7-6-10(14)9-12(11)15/h6-7,9H,2-5,8,14-15H2,1H3,(H,16,17). The summed E-state index contributed by atoms with van der Waals surface area (Å²) in [5.74, 6) is -0.126. The van der Waals surface area contributed by atoms with Crippen LogP contribution in [-0.4, -0.2) is 12.5 Å². The van der Waals surface area contributed by atoms with Crippen molar-refractivity contribution >= 4 is 17.3 Å². The van der Waals surface area contributed by atoms with E-state index in [0.29, 0.717) is 23.5 Å². The van der Waals surface area contributed by atoms with Crippen LogP contribution in [-0.2, 0) is 0 Å². The summed E-state index contributed by atoms with van der Waals surface area (Å²) in [5.41, 5.74) is 12.8. The number of anilines is 2. The van der Waals surface area contributed by atoms with E-state index in [0.717, 1.165) is 12.8 Å². The lowest BCUT2D eigenvalue weighted by Gasteiger charge is -2.07. The van der Waals surface area contributed by atoms with Crippen LogP contribution in [0, 0.1) is 0 Å². The SMILES string of the molecule is CCCCCCNC(=O)c1ccc(N)cc1N. The Morgan fingerprint density at radius 2 is 2.00 bits per heavy atom. The second-order valence-corrected chi connectivity index (χ2v) is 4.16. The Balaban J connectivity index is 2.42. The number of hydrogen-bond acceptors (Lipinski definition) is 3. The van der Waals surface area contributed by atoms with Gasteiger partial charge in [0.2, 0.25) is 0 Å². The normalized spacial score (nSPS) is 10.2. The Morgan fingerprint density at radius 3 is 2.65 bits per heavy atom. The minimum atomic E-state index is -0.126. The molecule has 0 aliphatic rings. The van der Waals surface area contributed by atoms with E-state index in [1.54, 1.807) is 18.2 Å². The van der Waals surface area contributed by atoms with Crippen molar-refractivity contribution in [1.82, 2.24) is 5.32 Å². The number of carbonyl (C=O) groups excluding carboxylic acids is 1. The average molecular weight is 235 g/mol. The molecule has 4 heteroatoms. The Hall–Kier alpha value is -1.71. The van der Waals surface area contributed by atoms with Gasteiger partial charge in [-0.05, 0) is 24.6 Å². The molecule has 0 radical (unpaired) electrons. The number of hydrogen-bond donors (Lipinski definition) is 3. The van der Waals surface area contributed by atoms with Crippen LogP contribution in [0.3, 0.4) is 0 Å². The molecule has 1 aromatic rings.